The Kier molecular flexibility index (Phi) is 3.65. The van der Waals surface area contributed by atoms with Crippen LogP contribution in [0.1, 0.15) is 17.9 Å². The molecule has 0 saturated carbocycles. The molecule has 1 aliphatic heterocycles. The highest BCUT2D eigenvalue weighted by molar-refractivity contribution is 14.1. The van der Waals surface area contributed by atoms with Gasteiger partial charge in [-0.05, 0) is 47.2 Å². The number of rotatable bonds is 3. The molecule has 2 heterocycles. The smallest absolute Gasteiger partial charge is 0.229 e. The van der Waals surface area contributed by atoms with Gasteiger partial charge in [0.05, 0.1) is 0 Å². The second kappa shape index (κ2) is 5.42. The minimum absolute atomic E-state index is 0.476. The van der Waals surface area contributed by atoms with Crippen molar-refractivity contribution in [2.24, 2.45) is 5.73 Å². The summed E-state index contributed by atoms with van der Waals surface area (Å²) in [6, 6.07) is 8.46. The van der Waals surface area contributed by atoms with E-state index in [0.29, 0.717) is 12.5 Å². The zero-order valence-electron chi connectivity index (χ0n) is 10.5. The Morgan fingerprint density at radius 2 is 2.00 bits per heavy atom. The first-order chi connectivity index (χ1) is 9.29. The van der Waals surface area contributed by atoms with Gasteiger partial charge in [-0.3, -0.25) is 0 Å². The molecule has 5 heteroatoms. The van der Waals surface area contributed by atoms with Gasteiger partial charge < -0.3 is 10.6 Å². The van der Waals surface area contributed by atoms with Crippen LogP contribution in [0.2, 0.25) is 0 Å². The number of hydrogen-bond acceptors (Lipinski definition) is 4. The Labute approximate surface area is 126 Å². The molecular weight excluding hydrogens is 351 g/mol. The third-order valence-corrected chi connectivity index (χ3v) is 3.99. The predicted molar refractivity (Wildman–Crippen MR) is 84.6 cm³/mol. The van der Waals surface area contributed by atoms with Gasteiger partial charge in [0, 0.05) is 34.1 Å². The highest BCUT2D eigenvalue weighted by Crippen LogP contribution is 2.40. The summed E-state index contributed by atoms with van der Waals surface area (Å²) in [6.07, 6.45) is 4.70. The molecule has 0 radical (unpaired) electrons. The van der Waals surface area contributed by atoms with Crippen molar-refractivity contribution >= 4 is 34.2 Å². The molecule has 4 nitrogen and oxygen atoms in total. The predicted octanol–water partition coefficient (Wildman–Crippen LogP) is 2.67. The second-order valence-corrected chi connectivity index (χ2v) is 5.89. The SMILES string of the molecule is NCCC1CN(c2ncc(I)cn2)c2ccccc21. The lowest BCUT2D eigenvalue weighted by Gasteiger charge is -2.17. The molecule has 1 aromatic heterocycles. The number of fused-ring (bicyclic) bond motifs is 1. The molecule has 98 valence electrons. The number of nitrogens with two attached hydrogens (primary N) is 1. The van der Waals surface area contributed by atoms with Crippen molar-refractivity contribution in [1.29, 1.82) is 0 Å². The summed E-state index contributed by atoms with van der Waals surface area (Å²) in [5, 5.41) is 0. The van der Waals surface area contributed by atoms with Crippen LogP contribution in [0.25, 0.3) is 0 Å². The van der Waals surface area contributed by atoms with E-state index in [0.717, 1.165) is 22.5 Å². The van der Waals surface area contributed by atoms with Gasteiger partial charge in [0.2, 0.25) is 5.95 Å². The number of benzene rings is 1. The Morgan fingerprint density at radius 1 is 1.26 bits per heavy atom. The molecule has 3 rings (SSSR count). The topological polar surface area (TPSA) is 55.0 Å². The average molecular weight is 366 g/mol. The van der Waals surface area contributed by atoms with Crippen LogP contribution in [-0.4, -0.2) is 23.1 Å². The first kappa shape index (κ1) is 12.8. The van der Waals surface area contributed by atoms with Crippen molar-refractivity contribution in [3.63, 3.8) is 0 Å². The van der Waals surface area contributed by atoms with E-state index in [4.69, 9.17) is 5.73 Å². The molecular formula is C14H15IN4. The fraction of sp³-hybridized carbons (Fsp3) is 0.286. The van der Waals surface area contributed by atoms with E-state index in [1.54, 1.807) is 0 Å². The Bertz CT molecular complexity index is 570. The van der Waals surface area contributed by atoms with Crippen LogP contribution in [-0.2, 0) is 0 Å². The van der Waals surface area contributed by atoms with Gasteiger partial charge >= 0.3 is 0 Å². The molecule has 0 amide bonds. The molecule has 19 heavy (non-hydrogen) atoms. The molecule has 0 bridgehead atoms. The summed E-state index contributed by atoms with van der Waals surface area (Å²) in [5.74, 6) is 1.25. The van der Waals surface area contributed by atoms with Gasteiger partial charge in [-0.25, -0.2) is 9.97 Å². The number of hydrogen-bond donors (Lipinski definition) is 1. The summed E-state index contributed by atoms with van der Waals surface area (Å²) in [7, 11) is 0. The lowest BCUT2D eigenvalue weighted by Crippen LogP contribution is -2.19. The minimum atomic E-state index is 0.476. The summed E-state index contributed by atoms with van der Waals surface area (Å²) in [4.78, 5) is 11.0. The molecule has 1 atom stereocenters. The van der Waals surface area contributed by atoms with Crippen molar-refractivity contribution in [3.8, 4) is 0 Å². The molecule has 1 aliphatic rings. The summed E-state index contributed by atoms with van der Waals surface area (Å²) in [6.45, 7) is 1.62. The molecule has 0 aliphatic carbocycles. The van der Waals surface area contributed by atoms with Crippen LogP contribution < -0.4 is 10.6 Å². The highest BCUT2D eigenvalue weighted by Gasteiger charge is 2.29. The Balaban J connectivity index is 1.98. The van der Waals surface area contributed by atoms with Crippen molar-refractivity contribution in [2.75, 3.05) is 18.0 Å². The van der Waals surface area contributed by atoms with E-state index in [2.05, 4.69) is 61.7 Å². The third-order valence-electron chi connectivity index (χ3n) is 3.43. The summed E-state index contributed by atoms with van der Waals surface area (Å²) >= 11 is 2.22. The Hall–Kier alpha value is -1.21. The van der Waals surface area contributed by atoms with Crippen LogP contribution in [0, 0.1) is 3.57 Å². The zero-order valence-corrected chi connectivity index (χ0v) is 12.6. The number of para-hydroxylation sites is 1. The quantitative estimate of drug-likeness (QED) is 0.849. The lowest BCUT2D eigenvalue weighted by molar-refractivity contribution is 0.665. The van der Waals surface area contributed by atoms with Gasteiger partial charge in [-0.2, -0.15) is 0 Å². The van der Waals surface area contributed by atoms with E-state index in [1.165, 1.54) is 11.3 Å². The van der Waals surface area contributed by atoms with Crippen LogP contribution >= 0.6 is 22.6 Å². The maximum absolute atomic E-state index is 5.72. The molecule has 0 fully saturated rings. The van der Waals surface area contributed by atoms with Gasteiger partial charge in [0.15, 0.2) is 0 Å². The van der Waals surface area contributed by atoms with Crippen molar-refractivity contribution < 1.29 is 0 Å². The number of anilines is 2. The Morgan fingerprint density at radius 3 is 2.74 bits per heavy atom. The maximum atomic E-state index is 5.72. The second-order valence-electron chi connectivity index (χ2n) is 4.64. The van der Waals surface area contributed by atoms with E-state index in [9.17, 15) is 0 Å². The zero-order chi connectivity index (χ0) is 13.2. The highest BCUT2D eigenvalue weighted by atomic mass is 127. The molecule has 1 aromatic carbocycles. The molecule has 2 N–H and O–H groups in total. The maximum Gasteiger partial charge on any atom is 0.229 e. The van der Waals surface area contributed by atoms with Crippen LogP contribution in [0.4, 0.5) is 11.6 Å². The number of halogens is 1. The molecule has 0 saturated heterocycles. The van der Waals surface area contributed by atoms with Crippen molar-refractivity contribution in [3.05, 3.63) is 45.8 Å². The first-order valence-corrected chi connectivity index (χ1v) is 7.41. The van der Waals surface area contributed by atoms with Gasteiger partial charge in [-0.15, -0.1) is 0 Å². The van der Waals surface area contributed by atoms with Crippen molar-refractivity contribution in [2.45, 2.75) is 12.3 Å². The van der Waals surface area contributed by atoms with E-state index < -0.39 is 0 Å². The molecule has 0 spiro atoms. The minimum Gasteiger partial charge on any atom is -0.330 e. The fourth-order valence-electron chi connectivity index (χ4n) is 2.58. The fourth-order valence-corrected chi connectivity index (χ4v) is 2.86. The first-order valence-electron chi connectivity index (χ1n) is 6.33. The normalized spacial score (nSPS) is 17.6. The van der Waals surface area contributed by atoms with Gasteiger partial charge in [0.1, 0.15) is 0 Å². The van der Waals surface area contributed by atoms with Crippen molar-refractivity contribution in [1.82, 2.24) is 9.97 Å². The molecule has 2 aromatic rings. The summed E-state index contributed by atoms with van der Waals surface area (Å²) < 4.78 is 1.05. The lowest BCUT2D eigenvalue weighted by atomic mass is 9.98. The van der Waals surface area contributed by atoms with Gasteiger partial charge in [0.25, 0.3) is 0 Å². The molecule has 1 unspecified atom stereocenters. The van der Waals surface area contributed by atoms with Crippen LogP contribution in [0.5, 0.6) is 0 Å². The van der Waals surface area contributed by atoms with Crippen LogP contribution in [0.3, 0.4) is 0 Å². The van der Waals surface area contributed by atoms with E-state index >= 15 is 0 Å². The van der Waals surface area contributed by atoms with Gasteiger partial charge in [-0.1, -0.05) is 18.2 Å². The number of aromatic nitrogens is 2. The third kappa shape index (κ3) is 2.44. The van der Waals surface area contributed by atoms with Crippen LogP contribution in [0.15, 0.2) is 36.7 Å². The average Bonchev–Trinajstić information content (AvgIpc) is 2.80. The largest absolute Gasteiger partial charge is 0.330 e. The van der Waals surface area contributed by atoms with E-state index in [-0.39, 0.29) is 0 Å². The van der Waals surface area contributed by atoms with E-state index in [1.807, 2.05) is 12.4 Å². The number of nitrogens with zero attached hydrogens (tertiary/aromatic N) is 3. The standard InChI is InChI=1S/C14H15IN4/c15-11-7-17-14(18-8-11)19-9-10(5-6-16)12-3-1-2-4-13(12)19/h1-4,7-8,10H,5-6,9,16H2. The monoisotopic (exact) mass is 366 g/mol. The summed E-state index contributed by atoms with van der Waals surface area (Å²) in [5.41, 5.74) is 8.29.